The van der Waals surface area contributed by atoms with E-state index in [0.29, 0.717) is 29.9 Å². The van der Waals surface area contributed by atoms with Crippen LogP contribution in [0.1, 0.15) is 69.2 Å². The maximum atomic E-state index is 12.8. The van der Waals surface area contributed by atoms with E-state index < -0.39 is 0 Å². The number of carbonyl (C=O) groups is 1. The second kappa shape index (κ2) is 11.2. The zero-order valence-corrected chi connectivity index (χ0v) is 17.0. The minimum absolute atomic E-state index is 0. The van der Waals surface area contributed by atoms with Crippen LogP contribution in [-0.2, 0) is 0 Å². The lowest BCUT2D eigenvalue weighted by Crippen LogP contribution is -2.37. The molecule has 3 N–H and O–H groups in total. The van der Waals surface area contributed by atoms with E-state index in [1.54, 1.807) is 0 Å². The van der Waals surface area contributed by atoms with Crippen molar-refractivity contribution in [3.8, 4) is 5.88 Å². The summed E-state index contributed by atoms with van der Waals surface area (Å²) in [6, 6.07) is 0.367. The summed E-state index contributed by atoms with van der Waals surface area (Å²) in [5.74, 6) is 0.566. The summed E-state index contributed by atoms with van der Waals surface area (Å²) >= 11 is 0. The molecule has 2 aliphatic rings. The lowest BCUT2D eigenvalue weighted by atomic mass is 9.95. The van der Waals surface area contributed by atoms with Gasteiger partial charge in [-0.3, -0.25) is 4.79 Å². The zero-order valence-electron chi connectivity index (χ0n) is 17.0. The molecule has 155 valence electrons. The first-order valence-electron chi connectivity index (χ1n) is 9.63. The fourth-order valence-electron chi connectivity index (χ4n) is 3.00. The number of amides is 1. The van der Waals surface area contributed by atoms with Crippen molar-refractivity contribution in [3.63, 3.8) is 0 Å². The van der Waals surface area contributed by atoms with Gasteiger partial charge in [0.25, 0.3) is 5.91 Å². The monoisotopic (exact) mass is 389 g/mol. The molecular weight excluding hydrogens is 356 g/mol. The first-order valence-corrected chi connectivity index (χ1v) is 9.63. The van der Waals surface area contributed by atoms with Crippen molar-refractivity contribution in [2.75, 3.05) is 5.32 Å². The van der Waals surface area contributed by atoms with Gasteiger partial charge in [-0.1, -0.05) is 21.3 Å². The number of nitrogens with zero attached hydrogens (tertiary/aromatic N) is 2. The van der Waals surface area contributed by atoms with E-state index in [9.17, 15) is 9.90 Å². The van der Waals surface area contributed by atoms with Crippen molar-refractivity contribution in [2.45, 2.75) is 83.1 Å². The van der Waals surface area contributed by atoms with Crippen molar-refractivity contribution in [3.05, 3.63) is 33.0 Å². The molecule has 1 aromatic rings. The molecule has 0 unspecified atom stereocenters. The number of aliphatic hydroxyl groups excluding tert-OH is 1. The van der Waals surface area contributed by atoms with Gasteiger partial charge >= 0.3 is 0 Å². The Kier molecular flexibility index (Phi) is 9.65. The topological polar surface area (TPSA) is 96.4 Å². The quantitative estimate of drug-likeness (QED) is 0.692. The minimum Gasteiger partial charge on any atom is -0.474 e. The van der Waals surface area contributed by atoms with Crippen molar-refractivity contribution < 1.29 is 14.6 Å². The predicted octanol–water partition coefficient (Wildman–Crippen LogP) is 3.12. The van der Waals surface area contributed by atoms with Crippen molar-refractivity contribution >= 4 is 11.9 Å². The molecule has 3 rings (SSSR count). The average Bonchev–Trinajstić information content (AvgIpc) is 3.37. The standard InChI is InChI=1S/C19H29N4O3.2CH2/c1-12(2)26-18-16(11-20-19(23-18)22-14-7-8-14)17(25)21-13-5-3-4-6-15(24)10-9-13;;/h5,11-15,24H,3-4,6-10H2,1-2H3,(H,21,25)(H,20,22,23);2*1H2/t13-,15+;;/m1../s1. The Morgan fingerprint density at radius 3 is 2.64 bits per heavy atom. The number of ether oxygens (including phenoxy) is 1. The third-order valence-electron chi connectivity index (χ3n) is 4.58. The van der Waals surface area contributed by atoms with Gasteiger partial charge in [-0.15, -0.1) is 0 Å². The molecule has 2 saturated carbocycles. The van der Waals surface area contributed by atoms with Gasteiger partial charge in [-0.2, -0.15) is 4.98 Å². The maximum Gasteiger partial charge on any atom is 0.258 e. The Balaban J connectivity index is 0.00000196. The van der Waals surface area contributed by atoms with E-state index >= 15 is 0 Å². The molecular formula is C21H33N4O3. The Morgan fingerprint density at radius 1 is 1.21 bits per heavy atom. The summed E-state index contributed by atoms with van der Waals surface area (Å²) in [7, 11) is 0. The van der Waals surface area contributed by atoms with E-state index in [1.807, 2.05) is 13.8 Å². The van der Waals surface area contributed by atoms with Gasteiger partial charge in [0.1, 0.15) is 5.56 Å². The second-order valence-electron chi connectivity index (χ2n) is 7.48. The van der Waals surface area contributed by atoms with Gasteiger partial charge in [0, 0.05) is 18.3 Å². The zero-order chi connectivity index (χ0) is 18.5. The molecule has 7 nitrogen and oxygen atoms in total. The van der Waals surface area contributed by atoms with E-state index in [0.717, 1.165) is 38.5 Å². The lowest BCUT2D eigenvalue weighted by molar-refractivity contribution is 0.0917. The van der Waals surface area contributed by atoms with Crippen LogP contribution >= 0.6 is 0 Å². The number of aromatic nitrogens is 2. The fraction of sp³-hybridized carbons (Fsp3) is 0.619. The van der Waals surface area contributed by atoms with Gasteiger partial charge in [0.15, 0.2) is 0 Å². The SMILES string of the molecule is CC(C)Oc1nc(NC2CC2)ncc1C(=O)N[C@@H]1[CH]CCC[C@H](O)CC1.[CH2].[CH2]. The third-order valence-corrected chi connectivity index (χ3v) is 4.58. The van der Waals surface area contributed by atoms with Gasteiger partial charge in [0.2, 0.25) is 11.8 Å². The second-order valence-corrected chi connectivity index (χ2v) is 7.48. The van der Waals surface area contributed by atoms with Crippen LogP contribution in [0.25, 0.3) is 0 Å². The summed E-state index contributed by atoms with van der Waals surface area (Å²) in [4.78, 5) is 21.4. The lowest BCUT2D eigenvalue weighted by Gasteiger charge is -2.23. The molecule has 2 fully saturated rings. The number of hydrogen-bond acceptors (Lipinski definition) is 6. The molecule has 28 heavy (non-hydrogen) atoms. The number of carbonyl (C=O) groups excluding carboxylic acids is 1. The van der Waals surface area contributed by atoms with Gasteiger partial charge in [-0.25, -0.2) is 4.98 Å². The molecule has 1 heterocycles. The summed E-state index contributed by atoms with van der Waals surface area (Å²) < 4.78 is 5.76. The fourth-order valence-corrected chi connectivity index (χ4v) is 3.00. The van der Waals surface area contributed by atoms with Crippen LogP contribution in [0.3, 0.4) is 0 Å². The van der Waals surface area contributed by atoms with Gasteiger partial charge in [-0.05, 0) is 58.8 Å². The molecule has 1 aromatic heterocycles. The molecule has 0 saturated heterocycles. The molecule has 0 aromatic carbocycles. The van der Waals surface area contributed by atoms with Crippen molar-refractivity contribution in [2.24, 2.45) is 0 Å². The molecule has 0 spiro atoms. The Hall–Kier alpha value is -1.89. The molecule has 2 atom stereocenters. The number of hydrogen-bond donors (Lipinski definition) is 3. The summed E-state index contributed by atoms with van der Waals surface area (Å²) in [5, 5.41) is 16.1. The number of anilines is 1. The van der Waals surface area contributed by atoms with Crippen LogP contribution < -0.4 is 15.4 Å². The predicted molar refractivity (Wildman–Crippen MR) is 110 cm³/mol. The van der Waals surface area contributed by atoms with E-state index in [2.05, 4.69) is 27.0 Å². The highest BCUT2D eigenvalue weighted by Gasteiger charge is 2.25. The maximum absolute atomic E-state index is 12.8. The number of rotatable bonds is 6. The first kappa shape index (κ1) is 24.1. The molecule has 2 aliphatic carbocycles. The minimum atomic E-state index is -0.279. The van der Waals surface area contributed by atoms with Crippen molar-refractivity contribution in [1.82, 2.24) is 15.3 Å². The Morgan fingerprint density at radius 2 is 1.96 bits per heavy atom. The number of aliphatic hydroxyl groups is 1. The Bertz CT molecular complexity index is 620. The molecule has 0 aliphatic heterocycles. The summed E-state index contributed by atoms with van der Waals surface area (Å²) in [6.45, 7) is 3.81. The van der Waals surface area contributed by atoms with Crippen LogP contribution in [0.5, 0.6) is 5.88 Å². The Labute approximate surface area is 169 Å². The van der Waals surface area contributed by atoms with E-state index in [-0.39, 0.29) is 39.0 Å². The molecule has 5 radical (unpaired) electrons. The van der Waals surface area contributed by atoms with Gasteiger partial charge in [0.05, 0.1) is 12.2 Å². The molecule has 0 bridgehead atoms. The highest BCUT2D eigenvalue weighted by molar-refractivity contribution is 5.96. The van der Waals surface area contributed by atoms with Crippen LogP contribution in [-0.4, -0.2) is 45.3 Å². The normalized spacial score (nSPS) is 22.1. The van der Waals surface area contributed by atoms with Crippen LogP contribution in [0.4, 0.5) is 5.95 Å². The third kappa shape index (κ3) is 7.26. The number of nitrogens with one attached hydrogen (secondary N) is 2. The van der Waals surface area contributed by atoms with E-state index in [4.69, 9.17) is 4.74 Å². The van der Waals surface area contributed by atoms with Crippen LogP contribution in [0, 0.1) is 21.3 Å². The van der Waals surface area contributed by atoms with Crippen molar-refractivity contribution in [1.29, 1.82) is 0 Å². The smallest absolute Gasteiger partial charge is 0.258 e. The summed E-state index contributed by atoms with van der Waals surface area (Å²) in [5.41, 5.74) is 0.344. The van der Waals surface area contributed by atoms with Crippen LogP contribution in [0.2, 0.25) is 0 Å². The highest BCUT2D eigenvalue weighted by atomic mass is 16.5. The molecule has 1 amide bonds. The largest absolute Gasteiger partial charge is 0.474 e. The average molecular weight is 390 g/mol. The first-order chi connectivity index (χ1) is 12.5. The van der Waals surface area contributed by atoms with Gasteiger partial charge < -0.3 is 20.5 Å². The molecule has 7 heteroatoms. The summed E-state index contributed by atoms with van der Waals surface area (Å²) in [6.07, 6.45) is 9.61. The van der Waals surface area contributed by atoms with Crippen LogP contribution in [0.15, 0.2) is 6.20 Å². The van der Waals surface area contributed by atoms with E-state index in [1.165, 1.54) is 6.20 Å². The highest BCUT2D eigenvalue weighted by Crippen LogP contribution is 2.25.